The second-order valence-corrected chi connectivity index (χ2v) is 9.02. The number of fused-ring (bicyclic) bond motifs is 1. The lowest BCUT2D eigenvalue weighted by Crippen LogP contribution is -2.46. The molecule has 3 aromatic rings. The molecule has 8 heteroatoms. The molecule has 0 bridgehead atoms. The van der Waals surface area contributed by atoms with Gasteiger partial charge in [-0.3, -0.25) is 4.90 Å². The van der Waals surface area contributed by atoms with Gasteiger partial charge in [-0.05, 0) is 43.7 Å². The molecule has 1 aliphatic heterocycles. The Labute approximate surface area is 171 Å². The van der Waals surface area contributed by atoms with Crippen LogP contribution in [0.25, 0.3) is 11.0 Å². The van der Waals surface area contributed by atoms with Gasteiger partial charge in [-0.2, -0.15) is 0 Å². The van der Waals surface area contributed by atoms with Gasteiger partial charge in [0.15, 0.2) is 11.4 Å². The van der Waals surface area contributed by atoms with Crippen molar-refractivity contribution in [3.8, 4) is 0 Å². The van der Waals surface area contributed by atoms with E-state index in [0.29, 0.717) is 11.4 Å². The highest BCUT2D eigenvalue weighted by Gasteiger charge is 2.21. The molecule has 0 aliphatic carbocycles. The molecular weight excluding hydrogens is 388 g/mol. The van der Waals surface area contributed by atoms with Gasteiger partial charge in [0.05, 0.1) is 10.3 Å². The minimum Gasteiger partial charge on any atom is -0.354 e. The Morgan fingerprint density at radius 3 is 2.45 bits per heavy atom. The molecule has 154 valence electrons. The van der Waals surface area contributed by atoms with E-state index >= 15 is 0 Å². The van der Waals surface area contributed by atoms with Gasteiger partial charge < -0.3 is 9.42 Å². The number of unbranched alkanes of at least 4 members (excludes halogenated alkanes) is 1. The van der Waals surface area contributed by atoms with Crippen molar-refractivity contribution in [2.75, 3.05) is 44.2 Å². The predicted octanol–water partition coefficient (Wildman–Crippen LogP) is 2.71. The molecule has 0 amide bonds. The van der Waals surface area contributed by atoms with E-state index in [0.717, 1.165) is 62.4 Å². The van der Waals surface area contributed by atoms with Crippen LogP contribution < -0.4 is 9.62 Å². The maximum Gasteiger partial charge on any atom is 0.240 e. The molecule has 0 atom stereocenters. The van der Waals surface area contributed by atoms with Gasteiger partial charge in [-0.15, -0.1) is 0 Å². The lowest BCUT2D eigenvalue weighted by Gasteiger charge is -2.34. The van der Waals surface area contributed by atoms with Crippen molar-refractivity contribution in [3.05, 3.63) is 54.6 Å². The third kappa shape index (κ3) is 4.77. The SMILES string of the molecule is O=S(=O)(NCCCCN1CCN(c2noc3ccccc23)CC1)c1ccccc1. The highest BCUT2D eigenvalue weighted by atomic mass is 32.2. The molecule has 2 aromatic carbocycles. The summed E-state index contributed by atoms with van der Waals surface area (Å²) in [5.41, 5.74) is 0.822. The number of hydrogen-bond donors (Lipinski definition) is 1. The Morgan fingerprint density at radius 2 is 1.66 bits per heavy atom. The summed E-state index contributed by atoms with van der Waals surface area (Å²) in [7, 11) is -3.40. The fourth-order valence-corrected chi connectivity index (χ4v) is 4.73. The minimum absolute atomic E-state index is 0.316. The first-order chi connectivity index (χ1) is 14.1. The van der Waals surface area contributed by atoms with Crippen LogP contribution in [0.5, 0.6) is 0 Å². The maximum atomic E-state index is 12.2. The molecular formula is C21H26N4O3S. The monoisotopic (exact) mass is 414 g/mol. The molecule has 0 radical (unpaired) electrons. The van der Waals surface area contributed by atoms with Crippen molar-refractivity contribution in [3.63, 3.8) is 0 Å². The maximum absolute atomic E-state index is 12.2. The average molecular weight is 415 g/mol. The second kappa shape index (κ2) is 8.94. The van der Waals surface area contributed by atoms with Crippen molar-refractivity contribution in [2.24, 2.45) is 0 Å². The molecule has 0 unspecified atom stereocenters. The molecule has 0 saturated carbocycles. The molecule has 7 nitrogen and oxygen atoms in total. The Morgan fingerprint density at radius 1 is 0.931 bits per heavy atom. The van der Waals surface area contributed by atoms with Crippen molar-refractivity contribution in [1.29, 1.82) is 0 Å². The van der Waals surface area contributed by atoms with Crippen LogP contribution in [0.1, 0.15) is 12.8 Å². The summed E-state index contributed by atoms with van der Waals surface area (Å²) in [6.07, 6.45) is 1.78. The summed E-state index contributed by atoms with van der Waals surface area (Å²) in [5, 5.41) is 5.31. The number of para-hydroxylation sites is 1. The molecule has 0 spiro atoms. The molecule has 1 aromatic heterocycles. The molecule has 1 fully saturated rings. The number of hydrogen-bond acceptors (Lipinski definition) is 6. The number of rotatable bonds is 8. The van der Waals surface area contributed by atoms with E-state index in [1.165, 1.54) is 0 Å². The first kappa shape index (κ1) is 19.9. The topological polar surface area (TPSA) is 78.7 Å². The Bertz CT molecular complexity index is 1030. The average Bonchev–Trinajstić information content (AvgIpc) is 3.19. The first-order valence-corrected chi connectivity index (χ1v) is 11.5. The van der Waals surface area contributed by atoms with Crippen molar-refractivity contribution >= 4 is 26.8 Å². The van der Waals surface area contributed by atoms with E-state index in [-0.39, 0.29) is 0 Å². The molecule has 29 heavy (non-hydrogen) atoms. The lowest BCUT2D eigenvalue weighted by atomic mass is 10.2. The van der Waals surface area contributed by atoms with E-state index < -0.39 is 10.0 Å². The van der Waals surface area contributed by atoms with Gasteiger partial charge in [-0.25, -0.2) is 13.1 Å². The molecule has 2 heterocycles. The van der Waals surface area contributed by atoms with Gasteiger partial charge >= 0.3 is 0 Å². The number of nitrogens with one attached hydrogen (secondary N) is 1. The van der Waals surface area contributed by atoms with E-state index in [4.69, 9.17) is 4.52 Å². The van der Waals surface area contributed by atoms with E-state index in [2.05, 4.69) is 19.7 Å². The number of aromatic nitrogens is 1. The standard InChI is InChI=1S/C21H26N4O3S/c26-29(27,18-8-2-1-3-9-18)22-12-6-7-13-24-14-16-25(17-15-24)21-19-10-4-5-11-20(19)28-23-21/h1-5,8-11,22H,6-7,12-17H2. The predicted molar refractivity (Wildman–Crippen MR) is 114 cm³/mol. The van der Waals surface area contributed by atoms with Gasteiger partial charge in [0.2, 0.25) is 10.0 Å². The summed E-state index contributed by atoms with van der Waals surface area (Å²) in [6.45, 7) is 5.20. The van der Waals surface area contributed by atoms with Gasteiger partial charge in [0.25, 0.3) is 0 Å². The van der Waals surface area contributed by atoms with E-state index in [1.807, 2.05) is 30.3 Å². The quantitative estimate of drug-likeness (QED) is 0.571. The first-order valence-electron chi connectivity index (χ1n) is 10.00. The fraction of sp³-hybridized carbons (Fsp3) is 0.381. The van der Waals surface area contributed by atoms with Crippen molar-refractivity contribution < 1.29 is 12.9 Å². The van der Waals surface area contributed by atoms with Crippen LogP contribution in [0.2, 0.25) is 0 Å². The number of nitrogens with zero attached hydrogens (tertiary/aromatic N) is 3. The number of anilines is 1. The van der Waals surface area contributed by atoms with Crippen LogP contribution in [0, 0.1) is 0 Å². The van der Waals surface area contributed by atoms with Crippen LogP contribution in [0.3, 0.4) is 0 Å². The van der Waals surface area contributed by atoms with Gasteiger partial charge in [0.1, 0.15) is 0 Å². The normalized spacial score (nSPS) is 15.8. The van der Waals surface area contributed by atoms with E-state index in [1.54, 1.807) is 24.3 Å². The Hall–Kier alpha value is -2.42. The summed E-state index contributed by atoms with van der Waals surface area (Å²) < 4.78 is 32.5. The zero-order valence-electron chi connectivity index (χ0n) is 16.3. The molecule has 1 aliphatic rings. The fourth-order valence-electron chi connectivity index (χ4n) is 3.63. The summed E-state index contributed by atoms with van der Waals surface area (Å²) in [5.74, 6) is 0.926. The molecule has 1 saturated heterocycles. The molecule has 4 rings (SSSR count). The van der Waals surface area contributed by atoms with Crippen molar-refractivity contribution in [1.82, 2.24) is 14.8 Å². The van der Waals surface area contributed by atoms with Crippen LogP contribution in [0.4, 0.5) is 5.82 Å². The van der Waals surface area contributed by atoms with E-state index in [9.17, 15) is 8.42 Å². The van der Waals surface area contributed by atoms with Gasteiger partial charge in [-0.1, -0.05) is 35.5 Å². The minimum atomic E-state index is -3.40. The largest absolute Gasteiger partial charge is 0.354 e. The van der Waals surface area contributed by atoms with Crippen LogP contribution in [-0.4, -0.2) is 57.7 Å². The summed E-state index contributed by atoms with van der Waals surface area (Å²) in [4.78, 5) is 5.01. The van der Waals surface area contributed by atoms with Crippen molar-refractivity contribution in [2.45, 2.75) is 17.7 Å². The Kier molecular flexibility index (Phi) is 6.13. The second-order valence-electron chi connectivity index (χ2n) is 7.25. The third-order valence-electron chi connectivity index (χ3n) is 5.28. The van der Waals surface area contributed by atoms with Crippen LogP contribution >= 0.6 is 0 Å². The number of benzene rings is 2. The molecule has 1 N–H and O–H groups in total. The number of sulfonamides is 1. The highest BCUT2D eigenvalue weighted by molar-refractivity contribution is 7.89. The summed E-state index contributed by atoms with van der Waals surface area (Å²) in [6, 6.07) is 16.4. The van der Waals surface area contributed by atoms with Crippen LogP contribution in [0.15, 0.2) is 64.0 Å². The van der Waals surface area contributed by atoms with Gasteiger partial charge in [0, 0.05) is 32.7 Å². The lowest BCUT2D eigenvalue weighted by molar-refractivity contribution is 0.252. The highest BCUT2D eigenvalue weighted by Crippen LogP contribution is 2.26. The smallest absolute Gasteiger partial charge is 0.240 e. The third-order valence-corrected chi connectivity index (χ3v) is 6.75. The number of piperazine rings is 1. The van der Waals surface area contributed by atoms with Crippen LogP contribution in [-0.2, 0) is 10.0 Å². The zero-order valence-corrected chi connectivity index (χ0v) is 17.1. The zero-order chi connectivity index (χ0) is 20.1. The Balaban J connectivity index is 1.18. The summed E-state index contributed by atoms with van der Waals surface area (Å²) >= 11 is 0.